The van der Waals surface area contributed by atoms with Gasteiger partial charge in [0.05, 0.1) is 20.3 Å². The maximum Gasteiger partial charge on any atom is 0.305 e. The van der Waals surface area contributed by atoms with Gasteiger partial charge in [0.2, 0.25) is 0 Å². The average molecular weight is 397 g/mol. The Bertz CT molecular complexity index is 819. The van der Waals surface area contributed by atoms with Crippen molar-refractivity contribution in [1.82, 2.24) is 9.80 Å². The number of hydrogen-bond acceptors (Lipinski definition) is 5. The van der Waals surface area contributed by atoms with Crippen LogP contribution in [0, 0.1) is 5.92 Å². The molecule has 2 aromatic rings. The zero-order valence-corrected chi connectivity index (χ0v) is 17.4. The van der Waals surface area contributed by atoms with Gasteiger partial charge in [0.1, 0.15) is 0 Å². The number of fused-ring (bicyclic) bond motifs is 1. The Morgan fingerprint density at radius 1 is 1.10 bits per heavy atom. The standard InChI is InChI=1S/C24H32N2O3/c1-28-24(27)9-8-22-18-25(11-10-23(22)26-12-14-29-15-13-26)17-19-6-7-20-4-2-3-5-21(20)16-19/h2-7,16,22-23H,8-15,17-18H2,1H3/t22-,23+/m0/s1. The van der Waals surface area contributed by atoms with Gasteiger partial charge in [-0.2, -0.15) is 0 Å². The molecule has 5 nitrogen and oxygen atoms in total. The minimum Gasteiger partial charge on any atom is -0.469 e. The lowest BCUT2D eigenvalue weighted by Gasteiger charge is -2.45. The van der Waals surface area contributed by atoms with Crippen LogP contribution in [0.2, 0.25) is 0 Å². The number of methoxy groups -OCH3 is 1. The van der Waals surface area contributed by atoms with E-state index in [4.69, 9.17) is 9.47 Å². The number of morpholine rings is 1. The van der Waals surface area contributed by atoms with Crippen molar-refractivity contribution in [1.29, 1.82) is 0 Å². The molecule has 29 heavy (non-hydrogen) atoms. The average Bonchev–Trinajstić information content (AvgIpc) is 2.78. The predicted octanol–water partition coefficient (Wildman–Crippen LogP) is 3.32. The van der Waals surface area contributed by atoms with Crippen LogP contribution in [-0.4, -0.2) is 68.3 Å². The van der Waals surface area contributed by atoms with E-state index in [0.717, 1.165) is 58.8 Å². The van der Waals surface area contributed by atoms with E-state index in [0.29, 0.717) is 18.4 Å². The molecule has 0 unspecified atom stereocenters. The third-order valence-corrected chi connectivity index (χ3v) is 6.46. The molecule has 2 atom stereocenters. The zero-order valence-electron chi connectivity index (χ0n) is 17.4. The fourth-order valence-corrected chi connectivity index (χ4v) is 4.91. The molecule has 0 aliphatic carbocycles. The molecule has 4 rings (SSSR count). The van der Waals surface area contributed by atoms with E-state index in [1.807, 2.05) is 0 Å². The number of rotatable bonds is 6. The number of benzene rings is 2. The molecule has 0 amide bonds. The van der Waals surface area contributed by atoms with E-state index >= 15 is 0 Å². The number of carbonyl (C=O) groups excluding carboxylic acids is 1. The van der Waals surface area contributed by atoms with Crippen LogP contribution in [0.5, 0.6) is 0 Å². The van der Waals surface area contributed by atoms with E-state index in [9.17, 15) is 4.79 Å². The second kappa shape index (κ2) is 9.70. The molecular weight excluding hydrogens is 364 g/mol. The fourth-order valence-electron chi connectivity index (χ4n) is 4.91. The predicted molar refractivity (Wildman–Crippen MR) is 115 cm³/mol. The summed E-state index contributed by atoms with van der Waals surface area (Å²) in [6.45, 7) is 6.75. The van der Waals surface area contributed by atoms with Crippen LogP contribution >= 0.6 is 0 Å². The molecule has 0 aromatic heterocycles. The molecule has 156 valence electrons. The van der Waals surface area contributed by atoms with Crippen molar-refractivity contribution in [3.63, 3.8) is 0 Å². The second-order valence-corrected chi connectivity index (χ2v) is 8.30. The highest BCUT2D eigenvalue weighted by molar-refractivity contribution is 5.82. The molecule has 2 heterocycles. The van der Waals surface area contributed by atoms with Gasteiger partial charge in [0, 0.05) is 38.6 Å². The minimum absolute atomic E-state index is 0.0996. The molecule has 0 bridgehead atoms. The second-order valence-electron chi connectivity index (χ2n) is 8.30. The van der Waals surface area contributed by atoms with Gasteiger partial charge in [0.25, 0.3) is 0 Å². The van der Waals surface area contributed by atoms with Crippen LogP contribution in [0.1, 0.15) is 24.8 Å². The Morgan fingerprint density at radius 2 is 1.90 bits per heavy atom. The Hall–Kier alpha value is -1.95. The van der Waals surface area contributed by atoms with Crippen LogP contribution < -0.4 is 0 Å². The van der Waals surface area contributed by atoms with Gasteiger partial charge in [-0.25, -0.2) is 0 Å². The summed E-state index contributed by atoms with van der Waals surface area (Å²) in [5.74, 6) is 0.388. The van der Waals surface area contributed by atoms with Crippen molar-refractivity contribution in [2.75, 3.05) is 46.5 Å². The summed E-state index contributed by atoms with van der Waals surface area (Å²) in [6.07, 6.45) is 2.55. The third-order valence-electron chi connectivity index (χ3n) is 6.46. The lowest BCUT2D eigenvalue weighted by molar-refractivity contribution is -0.141. The first-order chi connectivity index (χ1) is 14.2. The van der Waals surface area contributed by atoms with Gasteiger partial charge in [-0.15, -0.1) is 0 Å². The maximum atomic E-state index is 11.8. The van der Waals surface area contributed by atoms with E-state index in [1.54, 1.807) is 0 Å². The molecule has 0 N–H and O–H groups in total. The highest BCUT2D eigenvalue weighted by Crippen LogP contribution is 2.28. The van der Waals surface area contributed by atoms with E-state index < -0.39 is 0 Å². The molecule has 2 aromatic carbocycles. The largest absolute Gasteiger partial charge is 0.469 e. The monoisotopic (exact) mass is 396 g/mol. The number of likely N-dealkylation sites (tertiary alicyclic amines) is 1. The van der Waals surface area contributed by atoms with Crippen molar-refractivity contribution in [3.8, 4) is 0 Å². The first-order valence-electron chi connectivity index (χ1n) is 10.8. The fraction of sp³-hybridized carbons (Fsp3) is 0.542. The van der Waals surface area contributed by atoms with Gasteiger partial charge < -0.3 is 9.47 Å². The topological polar surface area (TPSA) is 42.0 Å². The quantitative estimate of drug-likeness (QED) is 0.701. The summed E-state index contributed by atoms with van der Waals surface area (Å²) in [7, 11) is 1.48. The summed E-state index contributed by atoms with van der Waals surface area (Å²) in [5, 5.41) is 2.59. The molecule has 2 fully saturated rings. The van der Waals surface area contributed by atoms with Crippen molar-refractivity contribution in [3.05, 3.63) is 48.0 Å². The summed E-state index contributed by atoms with van der Waals surface area (Å²) < 4.78 is 10.4. The molecule has 2 aliphatic rings. The molecule has 5 heteroatoms. The molecule has 2 aliphatic heterocycles. The first-order valence-corrected chi connectivity index (χ1v) is 10.8. The van der Waals surface area contributed by atoms with Crippen LogP contribution in [0.15, 0.2) is 42.5 Å². The normalized spacial score (nSPS) is 23.9. The Morgan fingerprint density at radius 3 is 2.69 bits per heavy atom. The molecule has 0 spiro atoms. The van der Waals surface area contributed by atoms with E-state index in [2.05, 4.69) is 52.3 Å². The number of nitrogens with zero attached hydrogens (tertiary/aromatic N) is 2. The zero-order chi connectivity index (χ0) is 20.1. The van der Waals surface area contributed by atoms with Gasteiger partial charge in [-0.1, -0.05) is 36.4 Å². The highest BCUT2D eigenvalue weighted by Gasteiger charge is 2.34. The van der Waals surface area contributed by atoms with Crippen molar-refractivity contribution in [2.45, 2.75) is 31.8 Å². The number of hydrogen-bond donors (Lipinski definition) is 0. The molecular formula is C24H32N2O3. The van der Waals surface area contributed by atoms with Gasteiger partial charge in [-0.05, 0) is 47.7 Å². The van der Waals surface area contributed by atoms with Gasteiger partial charge in [0.15, 0.2) is 0 Å². The number of carbonyl (C=O) groups is 1. The van der Waals surface area contributed by atoms with Crippen LogP contribution in [0.3, 0.4) is 0 Å². The number of esters is 1. The third kappa shape index (κ3) is 5.16. The molecule has 0 radical (unpaired) electrons. The Balaban J connectivity index is 1.43. The van der Waals surface area contributed by atoms with Gasteiger partial charge in [-0.3, -0.25) is 14.6 Å². The molecule has 0 saturated carbocycles. The Kier molecular flexibility index (Phi) is 6.80. The minimum atomic E-state index is -0.0996. The van der Waals surface area contributed by atoms with Crippen LogP contribution in [-0.2, 0) is 20.8 Å². The summed E-state index contributed by atoms with van der Waals surface area (Å²) in [5.41, 5.74) is 1.36. The number of piperidine rings is 1. The van der Waals surface area contributed by atoms with Crippen LogP contribution in [0.25, 0.3) is 10.8 Å². The van der Waals surface area contributed by atoms with E-state index in [1.165, 1.54) is 23.4 Å². The van der Waals surface area contributed by atoms with Gasteiger partial charge >= 0.3 is 5.97 Å². The lowest BCUT2D eigenvalue weighted by atomic mass is 9.86. The number of ether oxygens (including phenoxy) is 2. The Labute approximate surface area is 173 Å². The van der Waals surface area contributed by atoms with Crippen molar-refractivity contribution >= 4 is 16.7 Å². The van der Waals surface area contributed by atoms with E-state index in [-0.39, 0.29) is 5.97 Å². The SMILES string of the molecule is COC(=O)CC[C@H]1CN(Cc2ccc3ccccc3c2)CC[C@H]1N1CCOCC1. The van der Waals surface area contributed by atoms with Crippen molar-refractivity contribution in [2.24, 2.45) is 5.92 Å². The smallest absolute Gasteiger partial charge is 0.305 e. The maximum absolute atomic E-state index is 11.8. The molecule has 2 saturated heterocycles. The summed E-state index contributed by atoms with van der Waals surface area (Å²) in [4.78, 5) is 16.9. The van der Waals surface area contributed by atoms with Crippen molar-refractivity contribution < 1.29 is 14.3 Å². The highest BCUT2D eigenvalue weighted by atomic mass is 16.5. The first kappa shape index (κ1) is 20.3. The lowest BCUT2D eigenvalue weighted by Crippen LogP contribution is -2.53. The summed E-state index contributed by atoms with van der Waals surface area (Å²) in [6, 6.07) is 15.9. The van der Waals surface area contributed by atoms with Crippen LogP contribution in [0.4, 0.5) is 0 Å². The summed E-state index contributed by atoms with van der Waals surface area (Å²) >= 11 is 0.